The van der Waals surface area contributed by atoms with Gasteiger partial charge in [0, 0.05) is 9.92 Å². The first-order valence-corrected chi connectivity index (χ1v) is 7.12. The minimum atomic E-state index is -1.37. The van der Waals surface area contributed by atoms with E-state index in [4.69, 9.17) is 16.9 Å². The number of hydrogen-bond donors (Lipinski definition) is 0. The monoisotopic (exact) mass is 293 g/mol. The number of hydrogen-bond acceptors (Lipinski definition) is 2. The largest absolute Gasteiger partial charge is 0.254 e. The summed E-state index contributed by atoms with van der Waals surface area (Å²) in [6, 6.07) is 12.5. The van der Waals surface area contributed by atoms with E-state index in [1.54, 1.807) is 18.2 Å². The van der Waals surface area contributed by atoms with Gasteiger partial charge in [0.05, 0.1) is 28.2 Å². The van der Waals surface area contributed by atoms with Crippen LogP contribution in [0.25, 0.3) is 0 Å². The van der Waals surface area contributed by atoms with Crippen LogP contribution in [0.15, 0.2) is 47.4 Å². The first-order chi connectivity index (χ1) is 9.10. The molecule has 0 amide bonds. The second-order valence-electron chi connectivity index (χ2n) is 3.87. The molecule has 0 spiro atoms. The van der Waals surface area contributed by atoms with Crippen LogP contribution in [0.2, 0.25) is 5.02 Å². The van der Waals surface area contributed by atoms with Crippen LogP contribution in [0, 0.1) is 17.1 Å². The Bertz CT molecular complexity index is 681. The van der Waals surface area contributed by atoms with E-state index in [1.165, 1.54) is 24.3 Å². The SMILES string of the molecule is N#Cc1ccc(CS(=O)c2cccc(F)c2)c(Cl)c1. The van der Waals surface area contributed by atoms with E-state index < -0.39 is 16.6 Å². The number of benzene rings is 2. The quantitative estimate of drug-likeness (QED) is 0.866. The molecule has 0 aliphatic carbocycles. The fraction of sp³-hybridized carbons (Fsp3) is 0.0714. The molecule has 19 heavy (non-hydrogen) atoms. The highest BCUT2D eigenvalue weighted by molar-refractivity contribution is 7.84. The molecule has 2 nitrogen and oxygen atoms in total. The van der Waals surface area contributed by atoms with Gasteiger partial charge in [-0.1, -0.05) is 23.7 Å². The van der Waals surface area contributed by atoms with E-state index in [0.29, 0.717) is 21.0 Å². The second-order valence-corrected chi connectivity index (χ2v) is 5.72. The third-order valence-electron chi connectivity index (χ3n) is 2.53. The minimum absolute atomic E-state index is 0.188. The maximum atomic E-state index is 13.0. The summed E-state index contributed by atoms with van der Waals surface area (Å²) in [5.41, 5.74) is 1.12. The third kappa shape index (κ3) is 3.40. The van der Waals surface area contributed by atoms with Crippen molar-refractivity contribution in [2.45, 2.75) is 10.6 Å². The summed E-state index contributed by atoms with van der Waals surface area (Å²) in [6.45, 7) is 0. The van der Waals surface area contributed by atoms with Gasteiger partial charge in [-0.05, 0) is 35.9 Å². The van der Waals surface area contributed by atoms with E-state index in [1.807, 2.05) is 6.07 Å². The average molecular weight is 294 g/mol. The van der Waals surface area contributed by atoms with E-state index in [0.717, 1.165) is 0 Å². The maximum Gasteiger partial charge on any atom is 0.124 e. The Hall–Kier alpha value is -1.70. The minimum Gasteiger partial charge on any atom is -0.254 e. The molecule has 0 heterocycles. The van der Waals surface area contributed by atoms with Crippen LogP contribution in [-0.4, -0.2) is 4.21 Å². The van der Waals surface area contributed by atoms with Crippen LogP contribution in [0.5, 0.6) is 0 Å². The van der Waals surface area contributed by atoms with E-state index in [-0.39, 0.29) is 5.75 Å². The van der Waals surface area contributed by atoms with Crippen molar-refractivity contribution in [3.8, 4) is 6.07 Å². The van der Waals surface area contributed by atoms with Crippen molar-refractivity contribution in [1.82, 2.24) is 0 Å². The van der Waals surface area contributed by atoms with Gasteiger partial charge >= 0.3 is 0 Å². The van der Waals surface area contributed by atoms with Crippen molar-refractivity contribution in [2.24, 2.45) is 0 Å². The Balaban J connectivity index is 2.22. The van der Waals surface area contributed by atoms with Crippen LogP contribution < -0.4 is 0 Å². The van der Waals surface area contributed by atoms with Crippen molar-refractivity contribution < 1.29 is 8.60 Å². The van der Waals surface area contributed by atoms with Gasteiger partial charge in [0.1, 0.15) is 5.82 Å². The van der Waals surface area contributed by atoms with Gasteiger partial charge in [0.15, 0.2) is 0 Å². The van der Waals surface area contributed by atoms with Gasteiger partial charge in [-0.2, -0.15) is 5.26 Å². The first-order valence-electron chi connectivity index (χ1n) is 5.42. The van der Waals surface area contributed by atoms with E-state index in [9.17, 15) is 8.60 Å². The average Bonchev–Trinajstić information content (AvgIpc) is 2.41. The van der Waals surface area contributed by atoms with Gasteiger partial charge in [-0.15, -0.1) is 0 Å². The van der Waals surface area contributed by atoms with Crippen molar-refractivity contribution in [2.75, 3.05) is 0 Å². The highest BCUT2D eigenvalue weighted by atomic mass is 35.5. The van der Waals surface area contributed by atoms with Gasteiger partial charge < -0.3 is 0 Å². The standard InChI is InChI=1S/C14H9ClFNOS/c15-14-6-10(8-17)4-5-11(14)9-19(18)13-3-1-2-12(16)7-13/h1-7H,9H2. The molecule has 0 fully saturated rings. The number of rotatable bonds is 3. The van der Waals surface area contributed by atoms with E-state index >= 15 is 0 Å². The topological polar surface area (TPSA) is 40.9 Å². The lowest BCUT2D eigenvalue weighted by molar-refractivity contribution is 0.622. The molecule has 2 aromatic carbocycles. The highest BCUT2D eigenvalue weighted by Crippen LogP contribution is 2.21. The first kappa shape index (κ1) is 13.7. The van der Waals surface area contributed by atoms with Crippen molar-refractivity contribution in [3.63, 3.8) is 0 Å². The number of nitrogens with zero attached hydrogens (tertiary/aromatic N) is 1. The zero-order valence-corrected chi connectivity index (χ0v) is 11.3. The van der Waals surface area contributed by atoms with Gasteiger partial charge in [-0.3, -0.25) is 4.21 Å². The molecule has 0 saturated heterocycles. The summed E-state index contributed by atoms with van der Waals surface area (Å²) in [5, 5.41) is 9.13. The van der Waals surface area contributed by atoms with Crippen molar-refractivity contribution in [3.05, 3.63) is 64.4 Å². The molecule has 96 valence electrons. The van der Waals surface area contributed by atoms with Gasteiger partial charge in [-0.25, -0.2) is 4.39 Å². The normalized spacial score (nSPS) is 11.8. The molecule has 1 atom stereocenters. The van der Waals surface area contributed by atoms with Crippen LogP contribution in [0.1, 0.15) is 11.1 Å². The maximum absolute atomic E-state index is 13.0. The van der Waals surface area contributed by atoms with Gasteiger partial charge in [0.2, 0.25) is 0 Å². The number of nitriles is 1. The zero-order valence-electron chi connectivity index (χ0n) is 9.77. The zero-order chi connectivity index (χ0) is 13.8. The number of halogens is 2. The Morgan fingerprint density at radius 1 is 1.26 bits per heavy atom. The molecule has 0 aromatic heterocycles. The molecule has 0 aliphatic heterocycles. The van der Waals surface area contributed by atoms with Gasteiger partial charge in [0.25, 0.3) is 0 Å². The van der Waals surface area contributed by atoms with Crippen molar-refractivity contribution >= 4 is 22.4 Å². The Labute approximate surface area is 117 Å². The molecular weight excluding hydrogens is 285 g/mol. The predicted molar refractivity (Wildman–Crippen MR) is 72.7 cm³/mol. The Morgan fingerprint density at radius 3 is 2.68 bits per heavy atom. The molecule has 0 radical (unpaired) electrons. The fourth-order valence-corrected chi connectivity index (χ4v) is 3.07. The molecule has 5 heteroatoms. The lowest BCUT2D eigenvalue weighted by Crippen LogP contribution is -1.98. The summed E-state index contributed by atoms with van der Waals surface area (Å²) in [7, 11) is -1.37. The predicted octanol–water partition coefficient (Wildman–Crippen LogP) is 3.66. The molecule has 0 N–H and O–H groups in total. The molecule has 0 aliphatic rings. The molecule has 0 bridgehead atoms. The van der Waals surface area contributed by atoms with Crippen molar-refractivity contribution in [1.29, 1.82) is 5.26 Å². The third-order valence-corrected chi connectivity index (χ3v) is 4.23. The van der Waals surface area contributed by atoms with Crippen LogP contribution in [0.3, 0.4) is 0 Å². The summed E-state index contributed by atoms with van der Waals surface area (Å²) in [6.07, 6.45) is 0. The Kier molecular flexibility index (Phi) is 4.31. The molecule has 0 saturated carbocycles. The molecular formula is C14H9ClFNOS. The fourth-order valence-electron chi connectivity index (χ4n) is 1.57. The summed E-state index contributed by atoms with van der Waals surface area (Å²) in [4.78, 5) is 0.417. The summed E-state index contributed by atoms with van der Waals surface area (Å²) >= 11 is 6.01. The highest BCUT2D eigenvalue weighted by Gasteiger charge is 2.09. The van der Waals surface area contributed by atoms with Crippen LogP contribution in [0.4, 0.5) is 4.39 Å². The van der Waals surface area contributed by atoms with Crippen LogP contribution >= 0.6 is 11.6 Å². The lowest BCUT2D eigenvalue weighted by Gasteiger charge is -2.05. The Morgan fingerprint density at radius 2 is 2.05 bits per heavy atom. The summed E-state index contributed by atoms with van der Waals surface area (Å²) < 4.78 is 25.1. The van der Waals surface area contributed by atoms with Crippen LogP contribution in [-0.2, 0) is 16.6 Å². The van der Waals surface area contributed by atoms with E-state index in [2.05, 4.69) is 0 Å². The lowest BCUT2D eigenvalue weighted by atomic mass is 10.2. The molecule has 2 rings (SSSR count). The second kappa shape index (κ2) is 5.96. The summed E-state index contributed by atoms with van der Waals surface area (Å²) in [5.74, 6) is -0.231. The smallest absolute Gasteiger partial charge is 0.124 e. The molecule has 2 aromatic rings. The molecule has 1 unspecified atom stereocenters.